The number of carbonyl (C=O) groups excluding carboxylic acids is 1. The fraction of sp³-hybridized carbons (Fsp3) is 0.625. The van der Waals surface area contributed by atoms with E-state index in [1.165, 1.54) is 6.07 Å². The summed E-state index contributed by atoms with van der Waals surface area (Å²) < 4.78 is 26.3. The molecule has 0 bridgehead atoms. The second-order valence-corrected chi connectivity index (χ2v) is 9.74. The molecule has 0 aliphatic rings. The first-order valence-corrected chi connectivity index (χ1v) is 10.4. The van der Waals surface area contributed by atoms with Crippen molar-refractivity contribution >= 4 is 33.2 Å². The maximum Gasteiger partial charge on any atom is 0.318 e. The van der Waals surface area contributed by atoms with Crippen LogP contribution in [0.15, 0.2) is 16.3 Å². The zero-order valence-electron chi connectivity index (χ0n) is 15.0. The van der Waals surface area contributed by atoms with Crippen molar-refractivity contribution in [2.45, 2.75) is 50.8 Å². The minimum Gasteiger partial charge on any atom is -0.480 e. The normalized spacial score (nSPS) is 12.1. The molecule has 142 valence electrons. The second-order valence-electron chi connectivity index (χ2n) is 6.46. The summed E-state index contributed by atoms with van der Waals surface area (Å²) in [6, 6.07) is 2.73. The molecule has 1 aromatic rings. The van der Waals surface area contributed by atoms with Crippen LogP contribution in [-0.4, -0.2) is 48.8 Å². The summed E-state index contributed by atoms with van der Waals surface area (Å²) in [7, 11) is -3.85. The minimum absolute atomic E-state index is 0.0214. The zero-order valence-corrected chi connectivity index (χ0v) is 16.6. The lowest BCUT2D eigenvalue weighted by atomic mass is 10.1. The first-order valence-electron chi connectivity index (χ1n) is 8.13. The van der Waals surface area contributed by atoms with Crippen molar-refractivity contribution in [3.63, 3.8) is 0 Å². The molecule has 7 nitrogen and oxygen atoms in total. The third kappa shape index (κ3) is 6.75. The van der Waals surface area contributed by atoms with Crippen molar-refractivity contribution in [1.82, 2.24) is 9.62 Å². The van der Waals surface area contributed by atoms with Crippen LogP contribution in [0.5, 0.6) is 0 Å². The summed E-state index contributed by atoms with van der Waals surface area (Å²) in [4.78, 5) is 23.4. The van der Waals surface area contributed by atoms with Gasteiger partial charge in [0.25, 0.3) is 10.0 Å². The molecule has 0 aliphatic carbocycles. The Hall–Kier alpha value is -1.45. The average molecular weight is 391 g/mol. The molecule has 0 atom stereocenters. The van der Waals surface area contributed by atoms with Crippen molar-refractivity contribution in [1.29, 1.82) is 0 Å². The van der Waals surface area contributed by atoms with Gasteiger partial charge in [0.05, 0.1) is 0 Å². The number of carbonyl (C=O) groups is 2. The molecule has 1 heterocycles. The first-order chi connectivity index (χ1) is 11.5. The SMILES string of the molecule is CC(C)CC(=O)NCCc1ccc(S(=O)(=O)N(CC(=O)O)C(C)C)s1. The van der Waals surface area contributed by atoms with Crippen LogP contribution in [0.2, 0.25) is 0 Å². The fourth-order valence-electron chi connectivity index (χ4n) is 2.19. The highest BCUT2D eigenvalue weighted by Crippen LogP contribution is 2.26. The number of carboxylic acids is 1. The zero-order chi connectivity index (χ0) is 19.2. The highest BCUT2D eigenvalue weighted by atomic mass is 32.2. The number of aliphatic carboxylic acids is 1. The van der Waals surface area contributed by atoms with Gasteiger partial charge in [0.1, 0.15) is 10.8 Å². The fourth-order valence-corrected chi connectivity index (χ4v) is 5.26. The van der Waals surface area contributed by atoms with Crippen LogP contribution >= 0.6 is 11.3 Å². The number of carboxylic acid groups (broad SMARTS) is 1. The van der Waals surface area contributed by atoms with Crippen molar-refractivity contribution in [2.24, 2.45) is 5.92 Å². The Kier molecular flexibility index (Phi) is 8.04. The van der Waals surface area contributed by atoms with E-state index in [9.17, 15) is 18.0 Å². The average Bonchev–Trinajstić information content (AvgIpc) is 2.93. The number of nitrogens with zero attached hydrogens (tertiary/aromatic N) is 1. The van der Waals surface area contributed by atoms with Crippen molar-refractivity contribution in [2.75, 3.05) is 13.1 Å². The molecule has 0 aliphatic heterocycles. The summed E-state index contributed by atoms with van der Waals surface area (Å²) in [6.45, 7) is 7.08. The summed E-state index contributed by atoms with van der Waals surface area (Å²) in [5.74, 6) is -0.927. The van der Waals surface area contributed by atoms with Crippen LogP contribution in [0.1, 0.15) is 39.0 Å². The van der Waals surface area contributed by atoms with Gasteiger partial charge < -0.3 is 10.4 Å². The Morgan fingerprint density at radius 2 is 1.88 bits per heavy atom. The molecule has 0 fully saturated rings. The lowest BCUT2D eigenvalue weighted by molar-refractivity contribution is -0.137. The van der Waals surface area contributed by atoms with Gasteiger partial charge in [-0.2, -0.15) is 4.31 Å². The third-order valence-corrected chi connectivity index (χ3v) is 6.99. The van der Waals surface area contributed by atoms with Gasteiger partial charge in [-0.15, -0.1) is 11.3 Å². The maximum atomic E-state index is 12.6. The van der Waals surface area contributed by atoms with Gasteiger partial charge in [-0.05, 0) is 38.3 Å². The van der Waals surface area contributed by atoms with E-state index in [1.807, 2.05) is 13.8 Å². The predicted octanol–water partition coefficient (Wildman–Crippen LogP) is 1.94. The number of nitrogens with one attached hydrogen (secondary N) is 1. The molecule has 2 N–H and O–H groups in total. The molecule has 0 aromatic carbocycles. The van der Waals surface area contributed by atoms with E-state index in [0.29, 0.717) is 19.4 Å². The topological polar surface area (TPSA) is 104 Å². The Balaban J connectivity index is 2.75. The van der Waals surface area contributed by atoms with Crippen molar-refractivity contribution in [3.8, 4) is 0 Å². The van der Waals surface area contributed by atoms with Gasteiger partial charge in [0, 0.05) is 23.9 Å². The van der Waals surface area contributed by atoms with Crippen molar-refractivity contribution < 1.29 is 23.1 Å². The molecule has 0 saturated heterocycles. The minimum atomic E-state index is -3.85. The number of amides is 1. The lowest BCUT2D eigenvalue weighted by Crippen LogP contribution is -2.40. The number of sulfonamides is 1. The summed E-state index contributed by atoms with van der Waals surface area (Å²) in [6.07, 6.45) is 0.993. The van der Waals surface area contributed by atoms with E-state index < -0.39 is 28.6 Å². The quantitative estimate of drug-likeness (QED) is 0.635. The van der Waals surface area contributed by atoms with Crippen LogP contribution in [0.25, 0.3) is 0 Å². The van der Waals surface area contributed by atoms with E-state index in [0.717, 1.165) is 20.5 Å². The largest absolute Gasteiger partial charge is 0.480 e. The molecular formula is C16H26N2O5S2. The van der Waals surface area contributed by atoms with Crippen molar-refractivity contribution in [3.05, 3.63) is 17.0 Å². The van der Waals surface area contributed by atoms with E-state index in [-0.39, 0.29) is 16.0 Å². The maximum absolute atomic E-state index is 12.6. The van der Waals surface area contributed by atoms with E-state index in [4.69, 9.17) is 5.11 Å². The molecule has 0 spiro atoms. The summed E-state index contributed by atoms with van der Waals surface area (Å²) in [5.41, 5.74) is 0. The third-order valence-electron chi connectivity index (χ3n) is 3.35. The summed E-state index contributed by atoms with van der Waals surface area (Å²) in [5, 5.41) is 11.7. The van der Waals surface area contributed by atoms with E-state index >= 15 is 0 Å². The van der Waals surface area contributed by atoms with E-state index in [2.05, 4.69) is 5.32 Å². The molecule has 1 aromatic heterocycles. The van der Waals surface area contributed by atoms with Gasteiger partial charge in [-0.1, -0.05) is 13.8 Å². The van der Waals surface area contributed by atoms with Gasteiger partial charge >= 0.3 is 5.97 Å². The van der Waals surface area contributed by atoms with E-state index in [1.54, 1.807) is 19.9 Å². The smallest absolute Gasteiger partial charge is 0.318 e. The number of rotatable bonds is 10. The number of hydrogen-bond acceptors (Lipinski definition) is 5. The van der Waals surface area contributed by atoms with Gasteiger partial charge in [0.15, 0.2) is 0 Å². The Bertz CT molecular complexity index is 695. The Labute approximate surface area is 153 Å². The standard InChI is InChI=1S/C16H26N2O5S2/c1-11(2)9-14(19)17-8-7-13-5-6-16(24-13)25(22,23)18(12(3)4)10-15(20)21/h5-6,11-12H,7-10H2,1-4H3,(H,17,19)(H,20,21). The summed E-state index contributed by atoms with van der Waals surface area (Å²) >= 11 is 1.10. The molecule has 1 amide bonds. The van der Waals surface area contributed by atoms with Gasteiger partial charge in [-0.25, -0.2) is 8.42 Å². The Morgan fingerprint density at radius 3 is 2.40 bits per heavy atom. The first kappa shape index (κ1) is 21.6. The molecular weight excluding hydrogens is 364 g/mol. The van der Waals surface area contributed by atoms with Gasteiger partial charge in [-0.3, -0.25) is 9.59 Å². The molecule has 0 saturated carbocycles. The van der Waals surface area contributed by atoms with Crippen LogP contribution in [-0.2, 0) is 26.0 Å². The molecule has 0 radical (unpaired) electrons. The van der Waals surface area contributed by atoms with Crippen LogP contribution < -0.4 is 5.32 Å². The highest BCUT2D eigenvalue weighted by molar-refractivity contribution is 7.91. The highest BCUT2D eigenvalue weighted by Gasteiger charge is 2.30. The van der Waals surface area contributed by atoms with Crippen LogP contribution in [0, 0.1) is 5.92 Å². The predicted molar refractivity (Wildman–Crippen MR) is 97.2 cm³/mol. The molecule has 25 heavy (non-hydrogen) atoms. The molecule has 9 heteroatoms. The number of hydrogen-bond donors (Lipinski definition) is 2. The second kappa shape index (κ2) is 9.30. The Morgan fingerprint density at radius 1 is 1.24 bits per heavy atom. The van der Waals surface area contributed by atoms with Crippen LogP contribution in [0.4, 0.5) is 0 Å². The van der Waals surface area contributed by atoms with Gasteiger partial charge in [0.2, 0.25) is 5.91 Å². The molecule has 0 unspecified atom stereocenters. The van der Waals surface area contributed by atoms with Crippen LogP contribution in [0.3, 0.4) is 0 Å². The molecule has 1 rings (SSSR count). The monoisotopic (exact) mass is 390 g/mol. The lowest BCUT2D eigenvalue weighted by Gasteiger charge is -2.23. The number of thiophene rings is 1.